The largest absolute Gasteiger partial charge is 0.444 e. The second kappa shape index (κ2) is 17.3. The van der Waals surface area contributed by atoms with Crippen LogP contribution in [0.15, 0.2) is 47.5 Å². The first-order valence-corrected chi connectivity index (χ1v) is 19.0. The second-order valence-electron chi connectivity index (χ2n) is 14.2. The van der Waals surface area contributed by atoms with Gasteiger partial charge in [0, 0.05) is 59.3 Å². The van der Waals surface area contributed by atoms with Gasteiger partial charge in [-0.25, -0.2) is 4.79 Å². The number of nitrogens with zero attached hydrogens (tertiary/aromatic N) is 5. The lowest BCUT2D eigenvalue weighted by Gasteiger charge is -2.19. The van der Waals surface area contributed by atoms with E-state index >= 15 is 0 Å². The molecule has 1 atom stereocenters. The van der Waals surface area contributed by atoms with Crippen molar-refractivity contribution in [1.82, 2.24) is 30.3 Å². The molecule has 0 spiro atoms. The minimum atomic E-state index is -0.648. The molecule has 55 heavy (non-hydrogen) atoms. The number of aromatic nitrogens is 3. The van der Waals surface area contributed by atoms with E-state index in [1.54, 1.807) is 64.4 Å². The van der Waals surface area contributed by atoms with E-state index in [9.17, 15) is 19.2 Å². The van der Waals surface area contributed by atoms with E-state index in [1.165, 1.54) is 4.90 Å². The van der Waals surface area contributed by atoms with Gasteiger partial charge in [0.15, 0.2) is 5.82 Å². The zero-order chi connectivity index (χ0) is 40.0. The van der Waals surface area contributed by atoms with Crippen LogP contribution in [0.3, 0.4) is 0 Å². The highest BCUT2D eigenvalue weighted by atomic mass is 35.5. The molecule has 0 bridgehead atoms. The number of nitrogens with one attached hydrogen (secondary N) is 3. The fourth-order valence-electron chi connectivity index (χ4n) is 5.80. The van der Waals surface area contributed by atoms with Crippen LogP contribution in [-0.4, -0.2) is 82.0 Å². The molecule has 0 fully saturated rings. The number of hydrogen-bond donors (Lipinski definition) is 3. The van der Waals surface area contributed by atoms with E-state index < -0.39 is 17.7 Å². The summed E-state index contributed by atoms with van der Waals surface area (Å²) in [5, 5.41) is 18.7. The van der Waals surface area contributed by atoms with Crippen molar-refractivity contribution in [2.75, 3.05) is 32.5 Å². The minimum Gasteiger partial charge on any atom is -0.444 e. The Morgan fingerprint density at radius 3 is 2.42 bits per heavy atom. The molecule has 3 N–H and O–H groups in total. The highest BCUT2D eigenvalue weighted by Gasteiger charge is 2.32. The van der Waals surface area contributed by atoms with Crippen LogP contribution in [0.2, 0.25) is 5.02 Å². The van der Waals surface area contributed by atoms with Crippen LogP contribution in [0.1, 0.15) is 95.2 Å². The Labute approximate surface area is 329 Å². The maximum absolute atomic E-state index is 13.3. The number of thiophene rings is 1. The Balaban J connectivity index is 1.21. The van der Waals surface area contributed by atoms with E-state index in [1.807, 2.05) is 35.8 Å². The summed E-state index contributed by atoms with van der Waals surface area (Å²) in [4.78, 5) is 58.8. The summed E-state index contributed by atoms with van der Waals surface area (Å²) in [6.45, 7) is 11.6. The zero-order valence-electron chi connectivity index (χ0n) is 32.2. The Morgan fingerprint density at radius 1 is 1.00 bits per heavy atom. The average Bonchev–Trinajstić information content (AvgIpc) is 3.59. The topological polar surface area (TPSA) is 160 Å². The quantitative estimate of drug-likeness (QED) is 0.126. The van der Waals surface area contributed by atoms with Crippen molar-refractivity contribution < 1.29 is 23.9 Å². The monoisotopic (exact) mass is 784 g/mol. The van der Waals surface area contributed by atoms with E-state index in [0.717, 1.165) is 32.3 Å². The van der Waals surface area contributed by atoms with Gasteiger partial charge in [-0.1, -0.05) is 35.6 Å². The lowest BCUT2D eigenvalue weighted by Crippen LogP contribution is -2.32. The molecule has 2 aromatic carbocycles. The Bertz CT molecular complexity index is 2210. The van der Waals surface area contributed by atoms with Gasteiger partial charge in [0.1, 0.15) is 22.5 Å². The predicted octanol–water partition coefficient (Wildman–Crippen LogP) is 6.30. The number of benzene rings is 2. The number of carbonyl (C=O) groups excluding carboxylic acids is 4. The minimum absolute atomic E-state index is 0.00203. The maximum atomic E-state index is 13.3. The molecule has 1 aliphatic heterocycles. The van der Waals surface area contributed by atoms with E-state index in [2.05, 4.69) is 51.8 Å². The zero-order valence-corrected chi connectivity index (χ0v) is 33.8. The molecule has 4 aromatic rings. The van der Waals surface area contributed by atoms with Gasteiger partial charge in [-0.15, -0.1) is 21.5 Å². The first kappa shape index (κ1) is 40.7. The standard InChI is InChI=1S/C40H45ClN8O5S/c1-23-24(2)55-38-34(23)35(26-13-15-28(41)16-14-26)45-31(36-47-46-25(3)49(36)38)22-33(51)42-19-10-12-32(50)44-29-17-18-30(37(52)48(7)8)27(21-29)11-9-20-43-39(53)54-40(4,5)6/h13-18,21,31H,10,12,19-20,22H2,1-8H3,(H,42,51)(H,43,53)(H,44,50)/t31-/m0/s1. The van der Waals surface area contributed by atoms with Gasteiger partial charge in [-0.05, 0) is 83.9 Å². The molecule has 5 rings (SSSR count). The third-order valence-electron chi connectivity index (χ3n) is 8.52. The van der Waals surface area contributed by atoms with E-state index in [0.29, 0.717) is 39.9 Å². The number of carbonyl (C=O) groups is 4. The normalized spacial score (nSPS) is 13.3. The molecular formula is C40H45ClN8O5S. The van der Waals surface area contributed by atoms with Crippen LogP contribution in [0.25, 0.3) is 5.00 Å². The first-order valence-electron chi connectivity index (χ1n) is 17.8. The molecule has 2 aromatic heterocycles. The molecule has 0 unspecified atom stereocenters. The molecule has 15 heteroatoms. The molecule has 13 nitrogen and oxygen atoms in total. The van der Waals surface area contributed by atoms with Crippen molar-refractivity contribution >= 4 is 58.2 Å². The third kappa shape index (κ3) is 10.2. The van der Waals surface area contributed by atoms with Crippen molar-refractivity contribution in [2.24, 2.45) is 4.99 Å². The number of halogens is 1. The number of fused-ring (bicyclic) bond motifs is 3. The molecule has 0 aliphatic carbocycles. The van der Waals surface area contributed by atoms with Crippen molar-refractivity contribution in [3.05, 3.63) is 91.8 Å². The van der Waals surface area contributed by atoms with Gasteiger partial charge in [0.05, 0.1) is 24.2 Å². The van der Waals surface area contributed by atoms with Crippen LogP contribution in [0, 0.1) is 32.6 Å². The van der Waals surface area contributed by atoms with Gasteiger partial charge >= 0.3 is 6.09 Å². The van der Waals surface area contributed by atoms with Gasteiger partial charge in [0.25, 0.3) is 5.91 Å². The summed E-state index contributed by atoms with van der Waals surface area (Å²) in [6, 6.07) is 11.7. The summed E-state index contributed by atoms with van der Waals surface area (Å²) < 4.78 is 7.22. The Morgan fingerprint density at radius 2 is 1.73 bits per heavy atom. The molecule has 288 valence electrons. The fraction of sp³-hybridized carbons (Fsp3) is 0.375. The van der Waals surface area contributed by atoms with Crippen LogP contribution in [-0.2, 0) is 14.3 Å². The van der Waals surface area contributed by atoms with Crippen LogP contribution < -0.4 is 16.0 Å². The summed E-state index contributed by atoms with van der Waals surface area (Å²) in [6.07, 6.45) is -0.0589. The summed E-state index contributed by atoms with van der Waals surface area (Å²) >= 11 is 7.86. The van der Waals surface area contributed by atoms with Crippen molar-refractivity contribution in [1.29, 1.82) is 0 Å². The third-order valence-corrected chi connectivity index (χ3v) is 9.97. The molecule has 3 heterocycles. The number of anilines is 1. The summed E-state index contributed by atoms with van der Waals surface area (Å²) in [7, 11) is 3.27. The Kier molecular flexibility index (Phi) is 12.8. The van der Waals surface area contributed by atoms with Crippen LogP contribution in [0.4, 0.5) is 10.5 Å². The number of hydrogen-bond acceptors (Lipinski definition) is 9. The fourth-order valence-corrected chi connectivity index (χ4v) is 7.14. The van der Waals surface area contributed by atoms with E-state index in [-0.39, 0.29) is 43.7 Å². The predicted molar refractivity (Wildman–Crippen MR) is 214 cm³/mol. The van der Waals surface area contributed by atoms with Gasteiger partial charge in [0.2, 0.25) is 11.8 Å². The summed E-state index contributed by atoms with van der Waals surface area (Å²) in [5.74, 6) is 6.28. The number of amides is 4. The molecule has 1 aliphatic rings. The van der Waals surface area contributed by atoms with Crippen molar-refractivity contribution in [2.45, 2.75) is 72.4 Å². The van der Waals surface area contributed by atoms with Gasteiger partial charge in [-0.3, -0.25) is 23.9 Å². The van der Waals surface area contributed by atoms with Crippen LogP contribution >= 0.6 is 22.9 Å². The van der Waals surface area contributed by atoms with E-state index in [4.69, 9.17) is 21.3 Å². The molecule has 0 radical (unpaired) electrons. The van der Waals surface area contributed by atoms with Crippen LogP contribution in [0.5, 0.6) is 0 Å². The smallest absolute Gasteiger partial charge is 0.408 e. The molecule has 0 saturated carbocycles. The molecular weight excluding hydrogens is 740 g/mol. The first-order chi connectivity index (χ1) is 26.0. The van der Waals surface area contributed by atoms with Gasteiger partial charge in [-0.2, -0.15) is 0 Å². The highest BCUT2D eigenvalue weighted by Crippen LogP contribution is 2.39. The Hall–Kier alpha value is -5.52. The number of aliphatic imine (C=N–C) groups is 1. The number of ether oxygens (including phenoxy) is 1. The van der Waals surface area contributed by atoms with Crippen molar-refractivity contribution in [3.63, 3.8) is 0 Å². The SMILES string of the molecule is Cc1sc2c(c1C)C(c1ccc(Cl)cc1)=N[C@@H](CC(=O)NCCCC(=O)Nc1ccc(C(=O)N(C)C)c(C#CCNC(=O)OC(C)(C)C)c1)c1nnc(C)n1-2. The summed E-state index contributed by atoms with van der Waals surface area (Å²) in [5.41, 5.74) is 4.28. The lowest BCUT2D eigenvalue weighted by atomic mass is 9.99. The highest BCUT2D eigenvalue weighted by molar-refractivity contribution is 7.15. The molecule has 0 saturated heterocycles. The second-order valence-corrected chi connectivity index (χ2v) is 15.9. The average molecular weight is 785 g/mol. The maximum Gasteiger partial charge on any atom is 0.408 e. The molecule has 4 amide bonds. The van der Waals surface area contributed by atoms with Crippen molar-refractivity contribution in [3.8, 4) is 16.8 Å². The number of aryl methyl sites for hydroxylation is 2. The van der Waals surface area contributed by atoms with Gasteiger partial charge < -0.3 is 25.6 Å². The number of alkyl carbamates (subject to hydrolysis) is 1. The number of rotatable bonds is 10. The lowest BCUT2D eigenvalue weighted by molar-refractivity contribution is -0.122.